The number of ether oxygens (including phenoxy) is 1. The Labute approximate surface area is 95.9 Å². The maximum atomic E-state index is 11.8. The van der Waals surface area contributed by atoms with Crippen molar-refractivity contribution in [2.24, 2.45) is 5.16 Å². The topological polar surface area (TPSA) is 79.2 Å². The van der Waals surface area contributed by atoms with Crippen molar-refractivity contribution in [3.63, 3.8) is 0 Å². The van der Waals surface area contributed by atoms with Crippen molar-refractivity contribution in [3.8, 4) is 0 Å². The van der Waals surface area contributed by atoms with Gasteiger partial charge in [-0.15, -0.1) is 0 Å². The van der Waals surface area contributed by atoms with Crippen LogP contribution in [0, 0.1) is 0 Å². The van der Waals surface area contributed by atoms with E-state index in [9.17, 15) is 8.42 Å². The second-order valence-corrected chi connectivity index (χ2v) is 5.82. The zero-order chi connectivity index (χ0) is 12.0. The van der Waals surface area contributed by atoms with Gasteiger partial charge in [-0.1, -0.05) is 5.16 Å². The fourth-order valence-corrected chi connectivity index (χ4v) is 3.12. The van der Waals surface area contributed by atoms with Crippen molar-refractivity contribution in [2.45, 2.75) is 19.3 Å². The molecule has 0 saturated carbocycles. The summed E-state index contributed by atoms with van der Waals surface area (Å²) in [5.74, 6) is 0.118. The number of nitrogens with zero attached hydrogens (tertiary/aromatic N) is 2. The van der Waals surface area contributed by atoms with Crippen LogP contribution in [-0.4, -0.2) is 56.2 Å². The third-order valence-electron chi connectivity index (χ3n) is 2.59. The van der Waals surface area contributed by atoms with E-state index in [0.29, 0.717) is 44.7 Å². The van der Waals surface area contributed by atoms with Crippen molar-refractivity contribution in [2.75, 3.05) is 32.6 Å². The smallest absolute Gasteiger partial charge is 0.214 e. The summed E-state index contributed by atoms with van der Waals surface area (Å²) in [6.45, 7) is 1.28. The molecule has 1 aliphatic rings. The summed E-state index contributed by atoms with van der Waals surface area (Å²) in [4.78, 5) is 0. The summed E-state index contributed by atoms with van der Waals surface area (Å²) < 4.78 is 29.9. The van der Waals surface area contributed by atoms with E-state index < -0.39 is 10.0 Å². The first-order chi connectivity index (χ1) is 7.60. The molecular weight excluding hydrogens is 232 g/mol. The molecule has 0 bridgehead atoms. The average Bonchev–Trinajstić information content (AvgIpc) is 2.29. The minimum atomic E-state index is -3.17. The van der Waals surface area contributed by atoms with Gasteiger partial charge in [0.25, 0.3) is 0 Å². The summed E-state index contributed by atoms with van der Waals surface area (Å²) in [5.41, 5.74) is 0.670. The van der Waals surface area contributed by atoms with Crippen molar-refractivity contribution in [1.82, 2.24) is 4.31 Å². The van der Waals surface area contributed by atoms with Crippen molar-refractivity contribution < 1.29 is 18.4 Å². The number of oxime groups is 1. The quantitative estimate of drug-likeness (QED) is 0.432. The van der Waals surface area contributed by atoms with Crippen LogP contribution in [0.3, 0.4) is 0 Å². The standard InChI is InChI=1S/C9H18N2O4S/c1-15-7-2-8-16(13,14)11-5-3-9(10-12)4-6-11/h12H,2-8H2,1H3. The van der Waals surface area contributed by atoms with Gasteiger partial charge in [0.05, 0.1) is 11.5 Å². The van der Waals surface area contributed by atoms with Crippen molar-refractivity contribution in [1.29, 1.82) is 0 Å². The van der Waals surface area contributed by atoms with Gasteiger partial charge in [0.2, 0.25) is 10.0 Å². The first kappa shape index (κ1) is 13.4. The molecule has 16 heavy (non-hydrogen) atoms. The first-order valence-electron chi connectivity index (χ1n) is 5.26. The molecule has 94 valence electrons. The molecular formula is C9H18N2O4S. The van der Waals surface area contributed by atoms with Gasteiger partial charge in [0.15, 0.2) is 0 Å². The monoisotopic (exact) mass is 250 g/mol. The molecule has 0 aromatic rings. The molecule has 1 N–H and O–H groups in total. The highest BCUT2D eigenvalue weighted by atomic mass is 32.2. The van der Waals surface area contributed by atoms with E-state index in [0.717, 1.165) is 0 Å². The first-order valence-corrected chi connectivity index (χ1v) is 6.87. The fourth-order valence-electron chi connectivity index (χ4n) is 1.64. The Hall–Kier alpha value is -0.660. The number of hydrogen-bond donors (Lipinski definition) is 1. The molecule has 0 radical (unpaired) electrons. The maximum Gasteiger partial charge on any atom is 0.214 e. The largest absolute Gasteiger partial charge is 0.411 e. The predicted octanol–water partition coefficient (Wildman–Crippen LogP) is 0.279. The van der Waals surface area contributed by atoms with E-state index in [2.05, 4.69) is 5.16 Å². The van der Waals surface area contributed by atoms with Crippen LogP contribution in [0.25, 0.3) is 0 Å². The Bertz CT molecular complexity index is 329. The SMILES string of the molecule is COCCCS(=O)(=O)N1CCC(=NO)CC1. The molecule has 6 nitrogen and oxygen atoms in total. The Morgan fingerprint density at radius 3 is 2.56 bits per heavy atom. The summed E-state index contributed by atoms with van der Waals surface area (Å²) in [5, 5.41) is 11.7. The lowest BCUT2D eigenvalue weighted by Gasteiger charge is -2.26. The molecule has 1 saturated heterocycles. The van der Waals surface area contributed by atoms with Gasteiger partial charge in [0, 0.05) is 39.6 Å². The maximum absolute atomic E-state index is 11.8. The fraction of sp³-hybridized carbons (Fsp3) is 0.889. The molecule has 1 heterocycles. The van der Waals surface area contributed by atoms with E-state index in [1.54, 1.807) is 7.11 Å². The molecule has 0 unspecified atom stereocenters. The van der Waals surface area contributed by atoms with Gasteiger partial charge in [-0.2, -0.15) is 0 Å². The number of piperidine rings is 1. The Morgan fingerprint density at radius 2 is 2.06 bits per heavy atom. The van der Waals surface area contributed by atoms with Gasteiger partial charge in [-0.3, -0.25) is 0 Å². The Morgan fingerprint density at radius 1 is 1.44 bits per heavy atom. The second kappa shape index (κ2) is 6.17. The number of methoxy groups -OCH3 is 1. The van der Waals surface area contributed by atoms with E-state index in [4.69, 9.17) is 9.94 Å². The second-order valence-electron chi connectivity index (χ2n) is 3.73. The van der Waals surface area contributed by atoms with Crippen LogP contribution in [0.2, 0.25) is 0 Å². The predicted molar refractivity (Wildman–Crippen MR) is 60.3 cm³/mol. The zero-order valence-electron chi connectivity index (χ0n) is 9.42. The highest BCUT2D eigenvalue weighted by molar-refractivity contribution is 7.89. The normalized spacial score (nSPS) is 18.7. The molecule has 0 aromatic heterocycles. The number of sulfonamides is 1. The van der Waals surface area contributed by atoms with Crippen LogP contribution in [-0.2, 0) is 14.8 Å². The van der Waals surface area contributed by atoms with Crippen LogP contribution < -0.4 is 0 Å². The van der Waals surface area contributed by atoms with E-state index >= 15 is 0 Å². The molecule has 7 heteroatoms. The zero-order valence-corrected chi connectivity index (χ0v) is 10.2. The molecule has 0 aliphatic carbocycles. The van der Waals surface area contributed by atoms with Crippen LogP contribution in [0.15, 0.2) is 5.16 Å². The van der Waals surface area contributed by atoms with Gasteiger partial charge >= 0.3 is 0 Å². The lowest BCUT2D eigenvalue weighted by atomic mass is 10.1. The lowest BCUT2D eigenvalue weighted by molar-refractivity contribution is 0.199. The van der Waals surface area contributed by atoms with Gasteiger partial charge in [0.1, 0.15) is 0 Å². The summed E-state index contributed by atoms with van der Waals surface area (Å²) in [6.07, 6.45) is 1.54. The molecule has 0 aromatic carbocycles. The highest BCUT2D eigenvalue weighted by Gasteiger charge is 2.25. The van der Waals surface area contributed by atoms with E-state index in [1.165, 1.54) is 4.31 Å². The average molecular weight is 250 g/mol. The highest BCUT2D eigenvalue weighted by Crippen LogP contribution is 2.12. The summed E-state index contributed by atoms with van der Waals surface area (Å²) in [6, 6.07) is 0. The summed E-state index contributed by atoms with van der Waals surface area (Å²) in [7, 11) is -1.62. The van der Waals surface area contributed by atoms with E-state index in [-0.39, 0.29) is 5.75 Å². The Kier molecular flexibility index (Phi) is 5.17. The lowest BCUT2D eigenvalue weighted by Crippen LogP contribution is -2.40. The molecule has 0 atom stereocenters. The molecule has 0 spiro atoms. The number of rotatable bonds is 5. The van der Waals surface area contributed by atoms with Crippen LogP contribution in [0.5, 0.6) is 0 Å². The van der Waals surface area contributed by atoms with Crippen LogP contribution in [0.1, 0.15) is 19.3 Å². The van der Waals surface area contributed by atoms with Crippen molar-refractivity contribution in [3.05, 3.63) is 0 Å². The Balaban J connectivity index is 2.45. The summed E-state index contributed by atoms with van der Waals surface area (Å²) >= 11 is 0. The van der Waals surface area contributed by atoms with Crippen LogP contribution in [0.4, 0.5) is 0 Å². The van der Waals surface area contributed by atoms with Crippen molar-refractivity contribution >= 4 is 15.7 Å². The third-order valence-corrected chi connectivity index (χ3v) is 4.54. The third kappa shape index (κ3) is 3.73. The van der Waals surface area contributed by atoms with Crippen LogP contribution >= 0.6 is 0 Å². The minimum Gasteiger partial charge on any atom is -0.411 e. The molecule has 1 rings (SSSR count). The van der Waals surface area contributed by atoms with Gasteiger partial charge in [-0.25, -0.2) is 12.7 Å². The minimum absolute atomic E-state index is 0.118. The van der Waals surface area contributed by atoms with E-state index in [1.807, 2.05) is 0 Å². The van der Waals surface area contributed by atoms with Gasteiger partial charge in [-0.05, 0) is 6.42 Å². The molecule has 1 aliphatic heterocycles. The number of hydrogen-bond acceptors (Lipinski definition) is 5. The molecule has 0 amide bonds. The molecule has 1 fully saturated rings. The van der Waals surface area contributed by atoms with Gasteiger partial charge < -0.3 is 9.94 Å².